The Morgan fingerprint density at radius 3 is 2.59 bits per heavy atom. The van der Waals surface area contributed by atoms with Crippen LogP contribution in [0.25, 0.3) is 0 Å². The van der Waals surface area contributed by atoms with Gasteiger partial charge >= 0.3 is 6.36 Å². The number of halogens is 5. The molecule has 0 aliphatic carbocycles. The SMILES string of the molecule is N#CCc1c(CF)cc(I)nc1OC(F)(F)F. The predicted octanol–water partition coefficient (Wildman–Crippen LogP) is 3.12. The molecule has 0 unspecified atom stereocenters. The second-order valence-electron chi connectivity index (χ2n) is 2.90. The maximum Gasteiger partial charge on any atom is 0.574 e. The van der Waals surface area contributed by atoms with Gasteiger partial charge in [0.1, 0.15) is 10.4 Å². The third-order valence-electron chi connectivity index (χ3n) is 1.76. The van der Waals surface area contributed by atoms with E-state index in [1.165, 1.54) is 6.07 Å². The van der Waals surface area contributed by atoms with Crippen molar-refractivity contribution in [2.45, 2.75) is 19.5 Å². The number of ether oxygens (including phenoxy) is 1. The van der Waals surface area contributed by atoms with Crippen molar-refractivity contribution < 1.29 is 22.3 Å². The molecule has 0 atom stereocenters. The van der Waals surface area contributed by atoms with E-state index in [0.29, 0.717) is 0 Å². The molecule has 0 spiro atoms. The van der Waals surface area contributed by atoms with Gasteiger partial charge in [-0.05, 0) is 34.2 Å². The van der Waals surface area contributed by atoms with Crippen LogP contribution >= 0.6 is 22.6 Å². The lowest BCUT2D eigenvalue weighted by atomic mass is 10.1. The van der Waals surface area contributed by atoms with Gasteiger partial charge in [-0.3, -0.25) is 0 Å². The third-order valence-corrected chi connectivity index (χ3v) is 2.31. The first-order valence-electron chi connectivity index (χ1n) is 4.24. The summed E-state index contributed by atoms with van der Waals surface area (Å²) in [6.07, 6.45) is -5.32. The first kappa shape index (κ1) is 14.0. The normalized spacial score (nSPS) is 11.1. The molecule has 1 aromatic rings. The van der Waals surface area contributed by atoms with E-state index in [2.05, 4.69) is 9.72 Å². The molecule has 0 saturated carbocycles. The van der Waals surface area contributed by atoms with E-state index in [1.54, 1.807) is 28.7 Å². The number of rotatable bonds is 3. The quantitative estimate of drug-likeness (QED) is 0.473. The summed E-state index contributed by atoms with van der Waals surface area (Å²) in [5, 5.41) is 8.49. The highest BCUT2D eigenvalue weighted by Crippen LogP contribution is 2.28. The first-order valence-corrected chi connectivity index (χ1v) is 5.32. The van der Waals surface area contributed by atoms with Gasteiger partial charge < -0.3 is 4.74 Å². The molecule has 0 aliphatic heterocycles. The predicted molar refractivity (Wildman–Crippen MR) is 57.8 cm³/mol. The Kier molecular flexibility index (Phi) is 4.50. The van der Waals surface area contributed by atoms with Gasteiger partial charge in [0, 0.05) is 5.56 Å². The van der Waals surface area contributed by atoms with Crippen molar-refractivity contribution >= 4 is 22.6 Å². The van der Waals surface area contributed by atoms with E-state index >= 15 is 0 Å². The molecule has 0 aliphatic rings. The van der Waals surface area contributed by atoms with Crippen molar-refractivity contribution in [3.05, 3.63) is 20.9 Å². The highest BCUT2D eigenvalue weighted by molar-refractivity contribution is 14.1. The molecule has 0 saturated heterocycles. The molecule has 1 heterocycles. The summed E-state index contributed by atoms with van der Waals surface area (Å²) in [6.45, 7) is -0.982. The largest absolute Gasteiger partial charge is 0.574 e. The molecule has 1 rings (SSSR count). The fraction of sp³-hybridized carbons (Fsp3) is 0.333. The molecule has 1 aromatic heterocycles. The number of aromatic nitrogens is 1. The number of pyridine rings is 1. The summed E-state index contributed by atoms with van der Waals surface area (Å²) in [5.74, 6) is -0.765. The van der Waals surface area contributed by atoms with Crippen molar-refractivity contribution in [2.24, 2.45) is 0 Å². The van der Waals surface area contributed by atoms with Gasteiger partial charge in [0.25, 0.3) is 0 Å². The van der Waals surface area contributed by atoms with Crippen LogP contribution in [0.15, 0.2) is 6.07 Å². The Morgan fingerprint density at radius 1 is 1.47 bits per heavy atom. The minimum Gasteiger partial charge on any atom is -0.387 e. The Hall–Kier alpha value is -1.11. The van der Waals surface area contributed by atoms with Gasteiger partial charge in [0.15, 0.2) is 0 Å². The molecule has 0 amide bonds. The van der Waals surface area contributed by atoms with Gasteiger partial charge in [-0.25, -0.2) is 9.37 Å². The van der Waals surface area contributed by atoms with Crippen LogP contribution in [0.1, 0.15) is 11.1 Å². The molecule has 8 heteroatoms. The lowest BCUT2D eigenvalue weighted by Gasteiger charge is -2.13. The molecule has 0 bridgehead atoms. The van der Waals surface area contributed by atoms with E-state index < -0.39 is 25.3 Å². The highest BCUT2D eigenvalue weighted by Gasteiger charge is 2.33. The average molecular weight is 360 g/mol. The van der Waals surface area contributed by atoms with Crippen molar-refractivity contribution in [2.75, 3.05) is 0 Å². The Bertz CT molecular complexity index is 456. The minimum absolute atomic E-state index is 0.0230. The number of hydrogen-bond acceptors (Lipinski definition) is 3. The maximum absolute atomic E-state index is 12.6. The molecule has 17 heavy (non-hydrogen) atoms. The van der Waals surface area contributed by atoms with Gasteiger partial charge in [-0.1, -0.05) is 0 Å². The van der Waals surface area contributed by atoms with Crippen LogP contribution in [0.5, 0.6) is 5.88 Å². The zero-order valence-electron chi connectivity index (χ0n) is 8.18. The molecular weight excluding hydrogens is 355 g/mol. The standard InChI is InChI=1S/C9H5F4IN2O/c10-4-5-3-7(14)16-8(6(5)1-2-15)17-9(11,12)13/h3H,1,4H2. The summed E-state index contributed by atoms with van der Waals surface area (Å²) in [6, 6.07) is 2.92. The third kappa shape index (κ3) is 3.99. The topological polar surface area (TPSA) is 45.9 Å². The molecule has 0 radical (unpaired) electrons. The van der Waals surface area contributed by atoms with Crippen LogP contribution in [-0.4, -0.2) is 11.3 Å². The summed E-state index contributed by atoms with van der Waals surface area (Å²) in [7, 11) is 0. The molecule has 92 valence electrons. The molecule has 0 fully saturated rings. The monoisotopic (exact) mass is 360 g/mol. The van der Waals surface area contributed by atoms with E-state index in [4.69, 9.17) is 5.26 Å². The van der Waals surface area contributed by atoms with Gasteiger partial charge in [-0.2, -0.15) is 5.26 Å². The first-order chi connectivity index (χ1) is 7.87. The Labute approximate surface area is 108 Å². The van der Waals surface area contributed by atoms with Crippen LogP contribution in [0.4, 0.5) is 17.6 Å². The Morgan fingerprint density at radius 2 is 2.12 bits per heavy atom. The highest BCUT2D eigenvalue weighted by atomic mass is 127. The Balaban J connectivity index is 3.26. The summed E-state index contributed by atoms with van der Waals surface area (Å²) < 4.78 is 52.7. The van der Waals surface area contributed by atoms with Crippen molar-refractivity contribution in [1.29, 1.82) is 5.26 Å². The number of alkyl halides is 4. The zero-order valence-corrected chi connectivity index (χ0v) is 10.3. The van der Waals surface area contributed by atoms with Crippen LogP contribution < -0.4 is 4.74 Å². The van der Waals surface area contributed by atoms with Gasteiger partial charge in [0.05, 0.1) is 12.5 Å². The smallest absolute Gasteiger partial charge is 0.387 e. The number of nitriles is 1. The van der Waals surface area contributed by atoms with Crippen LogP contribution in [-0.2, 0) is 13.1 Å². The van der Waals surface area contributed by atoms with Gasteiger partial charge in [-0.15, -0.1) is 13.2 Å². The summed E-state index contributed by atoms with van der Waals surface area (Å²) in [5.41, 5.74) is -0.196. The van der Waals surface area contributed by atoms with Crippen molar-refractivity contribution in [3.8, 4) is 11.9 Å². The summed E-state index contributed by atoms with van der Waals surface area (Å²) in [4.78, 5) is 3.51. The number of hydrogen-bond donors (Lipinski definition) is 0. The van der Waals surface area contributed by atoms with E-state index in [-0.39, 0.29) is 14.8 Å². The second kappa shape index (κ2) is 5.48. The fourth-order valence-corrected chi connectivity index (χ4v) is 1.74. The molecule has 3 nitrogen and oxygen atoms in total. The second-order valence-corrected chi connectivity index (χ2v) is 4.01. The number of nitrogens with zero attached hydrogens (tertiary/aromatic N) is 2. The van der Waals surface area contributed by atoms with Crippen molar-refractivity contribution in [3.63, 3.8) is 0 Å². The molecule has 0 N–H and O–H groups in total. The van der Waals surface area contributed by atoms with E-state index in [1.807, 2.05) is 0 Å². The van der Waals surface area contributed by atoms with Crippen LogP contribution in [0.2, 0.25) is 0 Å². The molecule has 0 aromatic carbocycles. The van der Waals surface area contributed by atoms with E-state index in [9.17, 15) is 17.6 Å². The van der Waals surface area contributed by atoms with Crippen molar-refractivity contribution in [1.82, 2.24) is 4.98 Å². The van der Waals surface area contributed by atoms with Crippen LogP contribution in [0, 0.1) is 15.0 Å². The lowest BCUT2D eigenvalue weighted by molar-refractivity contribution is -0.276. The maximum atomic E-state index is 12.6. The van der Waals surface area contributed by atoms with E-state index in [0.717, 1.165) is 0 Å². The average Bonchev–Trinajstić information content (AvgIpc) is 2.19. The van der Waals surface area contributed by atoms with Gasteiger partial charge in [0.2, 0.25) is 5.88 Å². The fourth-order valence-electron chi connectivity index (χ4n) is 1.15. The molecular formula is C9H5F4IN2O. The zero-order chi connectivity index (χ0) is 13.1. The summed E-state index contributed by atoms with van der Waals surface area (Å²) >= 11 is 1.64. The minimum atomic E-state index is -4.92. The van der Waals surface area contributed by atoms with Crippen LogP contribution in [0.3, 0.4) is 0 Å². The lowest BCUT2D eigenvalue weighted by Crippen LogP contribution is -2.20.